The minimum atomic E-state index is -0.0379. The van der Waals surface area contributed by atoms with E-state index in [9.17, 15) is 4.79 Å². The van der Waals surface area contributed by atoms with E-state index < -0.39 is 0 Å². The number of hydrogen-bond acceptors (Lipinski definition) is 3. The Kier molecular flexibility index (Phi) is 8.56. The number of amides is 1. The molecule has 0 atom stereocenters. The number of nitrogens with zero attached hydrogens (tertiary/aromatic N) is 2. The number of aryl methyl sites for hydroxylation is 3. The molecule has 5 heteroatoms. The molecule has 0 unspecified atom stereocenters. The SMILES string of the molecule is C=CCc1ccccc1OCCCCn1c(CCNC(=O)c2ccc(C)cc2C)nc2ccccc21. The highest BCUT2D eigenvalue weighted by atomic mass is 16.5. The van der Waals surface area contributed by atoms with E-state index in [0.29, 0.717) is 19.6 Å². The molecule has 0 aliphatic heterocycles. The summed E-state index contributed by atoms with van der Waals surface area (Å²) < 4.78 is 8.34. The van der Waals surface area contributed by atoms with Crippen molar-refractivity contribution in [2.45, 2.75) is 46.1 Å². The van der Waals surface area contributed by atoms with Gasteiger partial charge in [0.15, 0.2) is 0 Å². The highest BCUT2D eigenvalue weighted by Crippen LogP contribution is 2.20. The van der Waals surface area contributed by atoms with E-state index >= 15 is 0 Å². The van der Waals surface area contributed by atoms with Crippen molar-refractivity contribution in [2.75, 3.05) is 13.2 Å². The fourth-order valence-corrected chi connectivity index (χ4v) is 4.54. The number of hydrogen-bond donors (Lipinski definition) is 1. The van der Waals surface area contributed by atoms with Crippen LogP contribution in [0.2, 0.25) is 0 Å². The molecule has 4 rings (SSSR count). The average molecular weight is 482 g/mol. The lowest BCUT2D eigenvalue weighted by Gasteiger charge is -2.12. The Hall–Kier alpha value is -3.86. The molecule has 1 aromatic heterocycles. The van der Waals surface area contributed by atoms with E-state index in [1.807, 2.05) is 74.5 Å². The van der Waals surface area contributed by atoms with Crippen molar-refractivity contribution < 1.29 is 9.53 Å². The summed E-state index contributed by atoms with van der Waals surface area (Å²) in [5.41, 5.74) is 6.16. The van der Waals surface area contributed by atoms with Gasteiger partial charge in [0.2, 0.25) is 0 Å². The van der Waals surface area contributed by atoms with Crippen molar-refractivity contribution in [3.05, 3.63) is 107 Å². The minimum Gasteiger partial charge on any atom is -0.493 e. The van der Waals surface area contributed by atoms with Gasteiger partial charge in [-0.15, -0.1) is 6.58 Å². The van der Waals surface area contributed by atoms with Crippen LogP contribution in [-0.4, -0.2) is 28.6 Å². The third-order valence-electron chi connectivity index (χ3n) is 6.36. The molecule has 0 spiro atoms. The number of unbranched alkanes of at least 4 members (excludes halogenated alkanes) is 1. The second-order valence-corrected chi connectivity index (χ2v) is 9.15. The van der Waals surface area contributed by atoms with E-state index in [4.69, 9.17) is 9.72 Å². The van der Waals surface area contributed by atoms with E-state index in [1.165, 1.54) is 5.56 Å². The van der Waals surface area contributed by atoms with Crippen LogP contribution in [0.3, 0.4) is 0 Å². The molecule has 36 heavy (non-hydrogen) atoms. The Morgan fingerprint density at radius 3 is 2.69 bits per heavy atom. The highest BCUT2D eigenvalue weighted by molar-refractivity contribution is 5.95. The Morgan fingerprint density at radius 1 is 1.06 bits per heavy atom. The maximum Gasteiger partial charge on any atom is 0.251 e. The number of carbonyl (C=O) groups is 1. The van der Waals surface area contributed by atoms with Gasteiger partial charge in [-0.3, -0.25) is 4.79 Å². The smallest absolute Gasteiger partial charge is 0.251 e. The molecule has 0 aliphatic rings. The van der Waals surface area contributed by atoms with Crippen LogP contribution in [0.5, 0.6) is 5.75 Å². The number of aromatic nitrogens is 2. The first-order chi connectivity index (χ1) is 17.6. The van der Waals surface area contributed by atoms with Crippen molar-refractivity contribution in [2.24, 2.45) is 0 Å². The van der Waals surface area contributed by atoms with Crippen LogP contribution in [0.4, 0.5) is 0 Å². The summed E-state index contributed by atoms with van der Waals surface area (Å²) in [4.78, 5) is 17.6. The number of para-hydroxylation sites is 3. The van der Waals surface area contributed by atoms with Crippen molar-refractivity contribution >= 4 is 16.9 Å². The summed E-state index contributed by atoms with van der Waals surface area (Å²) in [5.74, 6) is 1.89. The molecule has 0 saturated heterocycles. The first kappa shape index (κ1) is 25.2. The summed E-state index contributed by atoms with van der Waals surface area (Å²) in [6.07, 6.45) is 5.30. The molecule has 1 N–H and O–H groups in total. The molecule has 1 heterocycles. The van der Waals surface area contributed by atoms with Gasteiger partial charge in [-0.1, -0.05) is 54.1 Å². The lowest BCUT2D eigenvalue weighted by Crippen LogP contribution is -2.27. The van der Waals surface area contributed by atoms with E-state index in [0.717, 1.165) is 65.1 Å². The molecule has 5 nitrogen and oxygen atoms in total. The molecule has 0 saturated carbocycles. The zero-order chi connectivity index (χ0) is 25.3. The number of fused-ring (bicyclic) bond motifs is 1. The molecule has 0 fully saturated rings. The highest BCUT2D eigenvalue weighted by Gasteiger charge is 2.12. The molecule has 186 valence electrons. The van der Waals surface area contributed by atoms with Gasteiger partial charge in [0, 0.05) is 25.1 Å². The first-order valence-electron chi connectivity index (χ1n) is 12.7. The van der Waals surface area contributed by atoms with Crippen LogP contribution in [0.15, 0.2) is 79.4 Å². The fraction of sp³-hybridized carbons (Fsp3) is 0.290. The maximum atomic E-state index is 12.7. The van der Waals surface area contributed by atoms with Gasteiger partial charge in [-0.05, 0) is 68.5 Å². The first-order valence-corrected chi connectivity index (χ1v) is 12.7. The van der Waals surface area contributed by atoms with Crippen LogP contribution < -0.4 is 10.1 Å². The molecule has 0 radical (unpaired) electrons. The molecular weight excluding hydrogens is 446 g/mol. The zero-order valence-electron chi connectivity index (χ0n) is 21.3. The Morgan fingerprint density at radius 2 is 1.86 bits per heavy atom. The van der Waals surface area contributed by atoms with Crippen LogP contribution in [0.1, 0.15) is 45.7 Å². The molecule has 0 aliphatic carbocycles. The van der Waals surface area contributed by atoms with Gasteiger partial charge in [-0.25, -0.2) is 4.98 Å². The maximum absolute atomic E-state index is 12.7. The lowest BCUT2D eigenvalue weighted by molar-refractivity contribution is 0.0953. The molecule has 3 aromatic carbocycles. The van der Waals surface area contributed by atoms with Crippen LogP contribution in [0.25, 0.3) is 11.0 Å². The minimum absolute atomic E-state index is 0.0379. The summed E-state index contributed by atoms with van der Waals surface area (Å²) in [6.45, 7) is 9.91. The van der Waals surface area contributed by atoms with Crippen LogP contribution in [-0.2, 0) is 19.4 Å². The largest absolute Gasteiger partial charge is 0.493 e. The van der Waals surface area contributed by atoms with Crippen LogP contribution in [0, 0.1) is 13.8 Å². The summed E-state index contributed by atoms with van der Waals surface area (Å²) in [6, 6.07) is 22.3. The second kappa shape index (κ2) is 12.2. The number of imidazole rings is 1. The monoisotopic (exact) mass is 481 g/mol. The third-order valence-corrected chi connectivity index (χ3v) is 6.36. The summed E-state index contributed by atoms with van der Waals surface area (Å²) in [5, 5.41) is 3.07. The second-order valence-electron chi connectivity index (χ2n) is 9.15. The number of rotatable bonds is 12. The number of benzene rings is 3. The number of ether oxygens (including phenoxy) is 1. The molecular formula is C31H35N3O2. The number of allylic oxidation sites excluding steroid dienone is 1. The van der Waals surface area contributed by atoms with Crippen molar-refractivity contribution in [1.82, 2.24) is 14.9 Å². The predicted molar refractivity (Wildman–Crippen MR) is 147 cm³/mol. The summed E-state index contributed by atoms with van der Waals surface area (Å²) in [7, 11) is 0. The van der Waals surface area contributed by atoms with Crippen molar-refractivity contribution in [3.63, 3.8) is 0 Å². The topological polar surface area (TPSA) is 56.1 Å². The number of carbonyl (C=O) groups excluding carboxylic acids is 1. The Balaban J connectivity index is 1.34. The van der Waals surface area contributed by atoms with E-state index in [-0.39, 0.29) is 5.91 Å². The Labute approximate surface area is 213 Å². The molecule has 1 amide bonds. The number of nitrogens with one attached hydrogen (secondary N) is 1. The fourth-order valence-electron chi connectivity index (χ4n) is 4.54. The average Bonchev–Trinajstić information content (AvgIpc) is 3.22. The van der Waals surface area contributed by atoms with Gasteiger partial charge in [0.25, 0.3) is 5.91 Å². The standard InChI is InChI=1S/C31H35N3O2/c1-4-11-25-12-5-8-15-29(25)36-21-10-9-20-34-28-14-7-6-13-27(28)33-30(34)18-19-32-31(35)26-17-16-23(2)22-24(26)3/h4-8,12-17,22H,1,9-11,18-21H2,2-3H3,(H,32,35). The molecule has 0 bridgehead atoms. The van der Waals surface area contributed by atoms with E-state index in [2.05, 4.69) is 28.6 Å². The normalized spacial score (nSPS) is 10.9. The summed E-state index contributed by atoms with van der Waals surface area (Å²) >= 11 is 0. The van der Waals surface area contributed by atoms with E-state index in [1.54, 1.807) is 0 Å². The third kappa shape index (κ3) is 6.22. The zero-order valence-corrected chi connectivity index (χ0v) is 21.3. The van der Waals surface area contributed by atoms with Gasteiger partial charge in [0.05, 0.1) is 17.6 Å². The van der Waals surface area contributed by atoms with Gasteiger partial charge in [-0.2, -0.15) is 0 Å². The van der Waals surface area contributed by atoms with Gasteiger partial charge < -0.3 is 14.6 Å². The van der Waals surface area contributed by atoms with Gasteiger partial charge >= 0.3 is 0 Å². The Bertz CT molecular complexity index is 1340. The molecule has 4 aromatic rings. The predicted octanol–water partition coefficient (Wildman–Crippen LogP) is 6.21. The lowest BCUT2D eigenvalue weighted by atomic mass is 10.1. The van der Waals surface area contributed by atoms with Crippen LogP contribution >= 0.6 is 0 Å². The quantitative estimate of drug-likeness (QED) is 0.193. The van der Waals surface area contributed by atoms with Crippen molar-refractivity contribution in [1.29, 1.82) is 0 Å². The van der Waals surface area contributed by atoms with Crippen molar-refractivity contribution in [3.8, 4) is 5.75 Å². The van der Waals surface area contributed by atoms with Gasteiger partial charge in [0.1, 0.15) is 11.6 Å².